The number of hydrogen-bond acceptors (Lipinski definition) is 5. The van der Waals surface area contributed by atoms with Crippen LogP contribution in [0.15, 0.2) is 36.5 Å². The fourth-order valence-corrected chi connectivity index (χ4v) is 4.05. The van der Waals surface area contributed by atoms with Crippen LogP contribution in [0.25, 0.3) is 17.1 Å². The van der Waals surface area contributed by atoms with Gasteiger partial charge in [-0.2, -0.15) is 0 Å². The number of hydrogen-bond donors (Lipinski definition) is 0. The van der Waals surface area contributed by atoms with Crippen LogP contribution < -0.4 is 0 Å². The molecule has 2 aromatic rings. The van der Waals surface area contributed by atoms with Gasteiger partial charge in [0, 0.05) is 45.3 Å². The van der Waals surface area contributed by atoms with Crippen molar-refractivity contribution in [2.75, 3.05) is 45.8 Å². The van der Waals surface area contributed by atoms with Gasteiger partial charge in [-0.3, -0.25) is 19.5 Å². The third-order valence-electron chi connectivity index (χ3n) is 5.87. The topological polar surface area (TPSA) is 69.6 Å². The van der Waals surface area contributed by atoms with Crippen LogP contribution in [0.1, 0.15) is 31.4 Å². The zero-order valence-electron chi connectivity index (χ0n) is 17.4. The molecule has 0 unspecified atom stereocenters. The van der Waals surface area contributed by atoms with E-state index >= 15 is 0 Å². The molecule has 7 heteroatoms. The summed E-state index contributed by atoms with van der Waals surface area (Å²) in [5, 5.41) is 0. The summed E-state index contributed by atoms with van der Waals surface area (Å²) in [4.78, 5) is 40.0. The molecule has 2 saturated heterocycles. The minimum Gasteiger partial charge on any atom is -0.342 e. The van der Waals surface area contributed by atoms with Gasteiger partial charge in [-0.1, -0.05) is 25.0 Å². The monoisotopic (exact) mass is 407 g/mol. The number of carbonyl (C=O) groups is 2. The summed E-state index contributed by atoms with van der Waals surface area (Å²) >= 11 is 0. The molecule has 3 heterocycles. The first-order valence-electron chi connectivity index (χ1n) is 10.9. The van der Waals surface area contributed by atoms with E-state index in [1.807, 2.05) is 34.1 Å². The van der Waals surface area contributed by atoms with E-state index in [2.05, 4.69) is 14.9 Å². The molecule has 0 radical (unpaired) electrons. The molecule has 0 aliphatic carbocycles. The molecule has 2 aliphatic rings. The first kappa shape index (κ1) is 20.5. The molecule has 4 rings (SSSR count). The summed E-state index contributed by atoms with van der Waals surface area (Å²) in [6.45, 7) is 4.98. The van der Waals surface area contributed by atoms with Crippen LogP contribution in [0.3, 0.4) is 0 Å². The Morgan fingerprint density at radius 1 is 0.867 bits per heavy atom. The molecule has 2 fully saturated rings. The Labute approximate surface area is 177 Å². The first-order chi connectivity index (χ1) is 14.7. The Morgan fingerprint density at radius 3 is 2.30 bits per heavy atom. The van der Waals surface area contributed by atoms with Crippen LogP contribution in [0.4, 0.5) is 0 Å². The fraction of sp³-hybridized carbons (Fsp3) is 0.478. The maximum atomic E-state index is 12.6. The van der Waals surface area contributed by atoms with Gasteiger partial charge >= 0.3 is 0 Å². The molecule has 2 aliphatic heterocycles. The van der Waals surface area contributed by atoms with E-state index in [1.165, 1.54) is 12.8 Å². The Balaban J connectivity index is 1.26. The van der Waals surface area contributed by atoms with Crippen molar-refractivity contribution in [3.05, 3.63) is 42.2 Å². The lowest BCUT2D eigenvalue weighted by Crippen LogP contribution is -2.51. The van der Waals surface area contributed by atoms with Crippen LogP contribution in [0.5, 0.6) is 0 Å². The van der Waals surface area contributed by atoms with Crippen molar-refractivity contribution >= 4 is 28.9 Å². The highest BCUT2D eigenvalue weighted by atomic mass is 16.2. The number of piperazine rings is 1. The van der Waals surface area contributed by atoms with Crippen molar-refractivity contribution in [3.8, 4) is 0 Å². The first-order valence-corrected chi connectivity index (χ1v) is 10.9. The lowest BCUT2D eigenvalue weighted by molar-refractivity contribution is -0.133. The van der Waals surface area contributed by atoms with Crippen LogP contribution in [0.2, 0.25) is 0 Å². The molecule has 158 valence electrons. The summed E-state index contributed by atoms with van der Waals surface area (Å²) in [5.41, 5.74) is 2.32. The second-order valence-electron chi connectivity index (χ2n) is 8.01. The van der Waals surface area contributed by atoms with Gasteiger partial charge in [0.1, 0.15) is 0 Å². The minimum absolute atomic E-state index is 0.0246. The standard InChI is InChI=1S/C23H29N5O2/c29-22(10-9-19-17-24-20-7-3-4-8-21(20)25-19)28-15-13-26(14-16-28)18-23(30)27-11-5-1-2-6-12-27/h3-4,7-10,17H,1-2,5-6,11-16,18H2/b10-9+. The predicted molar refractivity (Wildman–Crippen MR) is 117 cm³/mol. The van der Waals surface area contributed by atoms with E-state index in [0.29, 0.717) is 25.3 Å². The largest absolute Gasteiger partial charge is 0.342 e. The lowest BCUT2D eigenvalue weighted by Gasteiger charge is -2.34. The van der Waals surface area contributed by atoms with E-state index in [-0.39, 0.29) is 11.8 Å². The lowest BCUT2D eigenvalue weighted by atomic mass is 10.2. The van der Waals surface area contributed by atoms with Crippen LogP contribution in [-0.4, -0.2) is 82.3 Å². The second kappa shape index (κ2) is 9.80. The van der Waals surface area contributed by atoms with Gasteiger partial charge in [-0.05, 0) is 31.1 Å². The molecule has 7 nitrogen and oxygen atoms in total. The summed E-state index contributed by atoms with van der Waals surface area (Å²) in [6, 6.07) is 7.68. The second-order valence-corrected chi connectivity index (χ2v) is 8.01. The van der Waals surface area contributed by atoms with Crippen LogP contribution in [-0.2, 0) is 9.59 Å². The van der Waals surface area contributed by atoms with E-state index in [0.717, 1.165) is 50.1 Å². The molecule has 1 aromatic carbocycles. The molecule has 0 atom stereocenters. The summed E-state index contributed by atoms with van der Waals surface area (Å²) < 4.78 is 0. The number of fused-ring (bicyclic) bond motifs is 1. The summed E-state index contributed by atoms with van der Waals surface area (Å²) in [7, 11) is 0. The Morgan fingerprint density at radius 2 is 1.57 bits per heavy atom. The number of para-hydroxylation sites is 2. The maximum Gasteiger partial charge on any atom is 0.246 e. The average molecular weight is 408 g/mol. The Hall–Kier alpha value is -2.80. The van der Waals surface area contributed by atoms with Crippen molar-refractivity contribution in [2.45, 2.75) is 25.7 Å². The van der Waals surface area contributed by atoms with E-state index < -0.39 is 0 Å². The summed E-state index contributed by atoms with van der Waals surface area (Å²) in [6.07, 6.45) is 9.64. The molecular formula is C23H29N5O2. The number of amides is 2. The third kappa shape index (κ3) is 5.21. The van der Waals surface area contributed by atoms with E-state index in [1.54, 1.807) is 18.3 Å². The highest BCUT2D eigenvalue weighted by Crippen LogP contribution is 2.12. The zero-order chi connectivity index (χ0) is 20.8. The molecule has 30 heavy (non-hydrogen) atoms. The quantitative estimate of drug-likeness (QED) is 0.727. The van der Waals surface area contributed by atoms with Crippen molar-refractivity contribution in [1.29, 1.82) is 0 Å². The number of likely N-dealkylation sites (tertiary alicyclic amines) is 1. The van der Waals surface area contributed by atoms with Gasteiger partial charge in [0.05, 0.1) is 29.5 Å². The van der Waals surface area contributed by atoms with Gasteiger partial charge in [-0.15, -0.1) is 0 Å². The van der Waals surface area contributed by atoms with Gasteiger partial charge in [-0.25, -0.2) is 4.98 Å². The molecule has 2 amide bonds. The van der Waals surface area contributed by atoms with Crippen molar-refractivity contribution in [1.82, 2.24) is 24.7 Å². The van der Waals surface area contributed by atoms with Gasteiger partial charge in [0.15, 0.2) is 0 Å². The SMILES string of the molecule is O=C(/C=C/c1cnc2ccccc2n1)N1CCN(CC(=O)N2CCCCCC2)CC1. The highest BCUT2D eigenvalue weighted by molar-refractivity contribution is 5.91. The number of benzene rings is 1. The molecular weight excluding hydrogens is 378 g/mol. The molecule has 0 spiro atoms. The van der Waals surface area contributed by atoms with Gasteiger partial charge in [0.25, 0.3) is 0 Å². The Kier molecular flexibility index (Phi) is 6.69. The molecule has 1 aromatic heterocycles. The number of nitrogens with zero attached hydrogens (tertiary/aromatic N) is 5. The van der Waals surface area contributed by atoms with Crippen molar-refractivity contribution in [2.24, 2.45) is 0 Å². The Bertz CT molecular complexity index is 913. The number of rotatable bonds is 4. The number of carbonyl (C=O) groups excluding carboxylic acids is 2. The fourth-order valence-electron chi connectivity index (χ4n) is 4.05. The highest BCUT2D eigenvalue weighted by Gasteiger charge is 2.23. The van der Waals surface area contributed by atoms with Gasteiger partial charge in [0.2, 0.25) is 11.8 Å². The predicted octanol–water partition coefficient (Wildman–Crippen LogP) is 2.19. The normalized spacial score (nSPS) is 18.7. The molecule has 0 saturated carbocycles. The van der Waals surface area contributed by atoms with E-state index in [9.17, 15) is 9.59 Å². The van der Waals surface area contributed by atoms with Crippen LogP contribution >= 0.6 is 0 Å². The van der Waals surface area contributed by atoms with E-state index in [4.69, 9.17) is 0 Å². The minimum atomic E-state index is -0.0246. The molecule has 0 N–H and O–H groups in total. The van der Waals surface area contributed by atoms with Crippen LogP contribution in [0, 0.1) is 0 Å². The van der Waals surface area contributed by atoms with Gasteiger partial charge < -0.3 is 9.80 Å². The summed E-state index contributed by atoms with van der Waals surface area (Å²) in [5.74, 6) is 0.204. The average Bonchev–Trinajstić information content (AvgIpc) is 3.07. The van der Waals surface area contributed by atoms with Crippen molar-refractivity contribution < 1.29 is 9.59 Å². The van der Waals surface area contributed by atoms with Crippen molar-refractivity contribution in [3.63, 3.8) is 0 Å². The smallest absolute Gasteiger partial charge is 0.246 e. The zero-order valence-corrected chi connectivity index (χ0v) is 17.4. The maximum absolute atomic E-state index is 12.6. The third-order valence-corrected chi connectivity index (χ3v) is 5.87. The molecule has 0 bridgehead atoms. The number of aromatic nitrogens is 2.